The van der Waals surface area contributed by atoms with Gasteiger partial charge >= 0.3 is 0 Å². The van der Waals surface area contributed by atoms with Gasteiger partial charge in [0.2, 0.25) is 0 Å². The highest BCUT2D eigenvalue weighted by Gasteiger charge is 2.12. The predicted octanol–water partition coefficient (Wildman–Crippen LogP) is 1.36. The minimum Gasteiger partial charge on any atom is -0.496 e. The summed E-state index contributed by atoms with van der Waals surface area (Å²) in [5, 5.41) is 18.6. The predicted molar refractivity (Wildman–Crippen MR) is 52.8 cm³/mol. The van der Waals surface area contributed by atoms with E-state index in [0.717, 1.165) is 0 Å². The third-order valence-corrected chi connectivity index (χ3v) is 2.07. The molecule has 1 unspecified atom stereocenters. The van der Waals surface area contributed by atoms with Gasteiger partial charge in [-0.15, -0.1) is 0 Å². The van der Waals surface area contributed by atoms with Gasteiger partial charge in [0.15, 0.2) is 0 Å². The van der Waals surface area contributed by atoms with Crippen LogP contribution in [0.3, 0.4) is 0 Å². The summed E-state index contributed by atoms with van der Waals surface area (Å²) in [6, 6.07) is 4.93. The Morgan fingerprint density at radius 1 is 1.57 bits per heavy atom. The number of nitrogens with one attached hydrogen (secondary N) is 1. The molecule has 1 aromatic carbocycles. The maximum absolute atomic E-state index is 9.60. The molecule has 0 heterocycles. The molecule has 5 heteroatoms. The highest BCUT2D eigenvalue weighted by Crippen LogP contribution is 2.27. The van der Waals surface area contributed by atoms with E-state index < -0.39 is 6.10 Å². The Balaban J connectivity index is 2.97. The zero-order valence-electron chi connectivity index (χ0n) is 7.70. The molecule has 3 N–H and O–H groups in total. The number of aliphatic hydroxyl groups excluding tert-OH is 1. The van der Waals surface area contributed by atoms with Crippen LogP contribution in [0, 0.1) is 0 Å². The molecule has 14 heavy (non-hydrogen) atoms. The van der Waals surface area contributed by atoms with Crippen LogP contribution in [0.2, 0.25) is 5.02 Å². The minimum atomic E-state index is -0.853. The molecular weight excluding hydrogens is 206 g/mol. The number of hydrogen-bond acceptors (Lipinski definition) is 4. The fraction of sp³-hybridized carbons (Fsp3) is 0.333. The van der Waals surface area contributed by atoms with Crippen LogP contribution in [0.25, 0.3) is 0 Å². The van der Waals surface area contributed by atoms with E-state index in [9.17, 15) is 5.11 Å². The van der Waals surface area contributed by atoms with Gasteiger partial charge in [-0.3, -0.25) is 0 Å². The van der Waals surface area contributed by atoms with E-state index in [0.29, 0.717) is 16.3 Å². The van der Waals surface area contributed by atoms with E-state index in [1.807, 2.05) is 5.48 Å². The maximum atomic E-state index is 9.60. The lowest BCUT2D eigenvalue weighted by molar-refractivity contribution is 0.0907. The van der Waals surface area contributed by atoms with Gasteiger partial charge in [0.1, 0.15) is 5.75 Å². The number of ether oxygens (including phenoxy) is 1. The molecule has 0 aliphatic rings. The molecule has 78 valence electrons. The molecule has 0 radical (unpaired) electrons. The Morgan fingerprint density at radius 3 is 2.86 bits per heavy atom. The highest BCUT2D eigenvalue weighted by atomic mass is 35.5. The summed E-state index contributed by atoms with van der Waals surface area (Å²) in [5.41, 5.74) is 2.43. The monoisotopic (exact) mass is 217 g/mol. The normalized spacial score (nSPS) is 12.6. The Bertz CT molecular complexity index is 306. The topological polar surface area (TPSA) is 61.7 Å². The number of halogens is 1. The van der Waals surface area contributed by atoms with Crippen LogP contribution in [0.4, 0.5) is 0 Å². The second-order valence-corrected chi connectivity index (χ2v) is 3.20. The number of aliphatic hydroxyl groups is 1. The third-order valence-electron chi connectivity index (χ3n) is 1.84. The van der Waals surface area contributed by atoms with Gasteiger partial charge in [0, 0.05) is 10.6 Å². The SMILES string of the molecule is COc1ccc(Cl)cc1C(O)CNO. The molecule has 4 nitrogen and oxygen atoms in total. The Morgan fingerprint density at radius 2 is 2.29 bits per heavy atom. The van der Waals surface area contributed by atoms with Gasteiger partial charge in [0.05, 0.1) is 19.8 Å². The molecule has 0 saturated carbocycles. The van der Waals surface area contributed by atoms with Gasteiger partial charge in [-0.1, -0.05) is 11.6 Å². The molecule has 1 aromatic rings. The summed E-state index contributed by atoms with van der Waals surface area (Å²) in [7, 11) is 1.51. The first-order chi connectivity index (χ1) is 6.69. The zero-order chi connectivity index (χ0) is 10.6. The lowest BCUT2D eigenvalue weighted by Crippen LogP contribution is -2.17. The van der Waals surface area contributed by atoms with E-state index >= 15 is 0 Å². The van der Waals surface area contributed by atoms with Crippen LogP contribution >= 0.6 is 11.6 Å². The average molecular weight is 218 g/mol. The lowest BCUT2D eigenvalue weighted by atomic mass is 10.1. The third kappa shape index (κ3) is 2.59. The van der Waals surface area contributed by atoms with Crippen molar-refractivity contribution in [1.29, 1.82) is 0 Å². The molecule has 0 spiro atoms. The molecule has 0 fully saturated rings. The van der Waals surface area contributed by atoms with Crippen LogP contribution in [-0.4, -0.2) is 24.0 Å². The number of benzene rings is 1. The molecule has 0 saturated heterocycles. The second-order valence-electron chi connectivity index (χ2n) is 2.76. The molecule has 1 atom stereocenters. The van der Waals surface area contributed by atoms with Crippen LogP contribution in [0.15, 0.2) is 18.2 Å². The summed E-state index contributed by atoms with van der Waals surface area (Å²) in [4.78, 5) is 0. The van der Waals surface area contributed by atoms with Gasteiger partial charge in [-0.2, -0.15) is 0 Å². The fourth-order valence-electron chi connectivity index (χ4n) is 1.16. The molecule has 0 aromatic heterocycles. The highest BCUT2D eigenvalue weighted by molar-refractivity contribution is 6.30. The van der Waals surface area contributed by atoms with Gasteiger partial charge in [-0.05, 0) is 18.2 Å². The average Bonchev–Trinajstić information content (AvgIpc) is 2.18. The van der Waals surface area contributed by atoms with Crippen molar-refractivity contribution in [3.63, 3.8) is 0 Å². The van der Waals surface area contributed by atoms with Crippen molar-refractivity contribution in [2.75, 3.05) is 13.7 Å². The van der Waals surface area contributed by atoms with Crippen molar-refractivity contribution in [3.8, 4) is 5.75 Å². The largest absolute Gasteiger partial charge is 0.496 e. The Hall–Kier alpha value is -0.810. The summed E-state index contributed by atoms with van der Waals surface area (Å²) in [5.74, 6) is 0.539. The Kier molecular flexibility index (Phi) is 4.16. The maximum Gasteiger partial charge on any atom is 0.124 e. The van der Waals surface area contributed by atoms with Crippen LogP contribution < -0.4 is 10.2 Å². The first-order valence-corrected chi connectivity index (χ1v) is 4.45. The zero-order valence-corrected chi connectivity index (χ0v) is 8.45. The number of methoxy groups -OCH3 is 1. The summed E-state index contributed by atoms with van der Waals surface area (Å²) in [6.45, 7) is 0.0245. The van der Waals surface area contributed by atoms with Crippen molar-refractivity contribution in [3.05, 3.63) is 28.8 Å². The van der Waals surface area contributed by atoms with E-state index in [1.54, 1.807) is 18.2 Å². The molecule has 0 aliphatic heterocycles. The van der Waals surface area contributed by atoms with Crippen molar-refractivity contribution in [2.24, 2.45) is 0 Å². The first kappa shape index (κ1) is 11.3. The molecule has 1 rings (SSSR count). The van der Waals surface area contributed by atoms with Crippen LogP contribution in [-0.2, 0) is 0 Å². The quantitative estimate of drug-likeness (QED) is 0.667. The lowest BCUT2D eigenvalue weighted by Gasteiger charge is -2.14. The first-order valence-electron chi connectivity index (χ1n) is 4.07. The van der Waals surface area contributed by atoms with Gasteiger partial charge in [0.25, 0.3) is 0 Å². The molecular formula is C9H12ClNO3. The fourth-order valence-corrected chi connectivity index (χ4v) is 1.34. The van der Waals surface area contributed by atoms with Crippen molar-refractivity contribution in [2.45, 2.75) is 6.10 Å². The standard InChI is InChI=1S/C9H12ClNO3/c1-14-9-3-2-6(10)4-7(9)8(12)5-11-13/h2-4,8,11-13H,5H2,1H3. The minimum absolute atomic E-state index is 0.0245. The number of hydroxylamine groups is 1. The van der Waals surface area contributed by atoms with Crippen molar-refractivity contribution >= 4 is 11.6 Å². The molecule has 0 aliphatic carbocycles. The van der Waals surface area contributed by atoms with Gasteiger partial charge in [-0.25, -0.2) is 5.48 Å². The van der Waals surface area contributed by atoms with Gasteiger partial charge < -0.3 is 15.1 Å². The van der Waals surface area contributed by atoms with E-state index in [1.165, 1.54) is 7.11 Å². The smallest absolute Gasteiger partial charge is 0.124 e. The summed E-state index contributed by atoms with van der Waals surface area (Å²) >= 11 is 5.77. The van der Waals surface area contributed by atoms with Crippen LogP contribution in [0.5, 0.6) is 5.75 Å². The summed E-state index contributed by atoms with van der Waals surface area (Å²) in [6.07, 6.45) is -0.853. The number of hydrogen-bond donors (Lipinski definition) is 3. The number of rotatable bonds is 4. The van der Waals surface area contributed by atoms with Crippen LogP contribution in [0.1, 0.15) is 11.7 Å². The Labute approximate surface area is 87.0 Å². The van der Waals surface area contributed by atoms with E-state index in [-0.39, 0.29) is 6.54 Å². The van der Waals surface area contributed by atoms with Crippen molar-refractivity contribution in [1.82, 2.24) is 5.48 Å². The van der Waals surface area contributed by atoms with E-state index in [2.05, 4.69) is 0 Å². The van der Waals surface area contributed by atoms with E-state index in [4.69, 9.17) is 21.5 Å². The van der Waals surface area contributed by atoms with Crippen molar-refractivity contribution < 1.29 is 15.1 Å². The molecule has 0 amide bonds. The molecule has 0 bridgehead atoms. The summed E-state index contributed by atoms with van der Waals surface area (Å²) < 4.78 is 5.04. The second kappa shape index (κ2) is 5.17.